The summed E-state index contributed by atoms with van der Waals surface area (Å²) in [4.78, 5) is 0. The van der Waals surface area contributed by atoms with Crippen LogP contribution in [0.2, 0.25) is 18.1 Å². The first kappa shape index (κ1) is 15.4. The Labute approximate surface area is 112 Å². The Morgan fingerprint density at radius 2 is 1.83 bits per heavy atom. The van der Waals surface area contributed by atoms with Crippen LogP contribution in [0, 0.1) is 5.41 Å². The van der Waals surface area contributed by atoms with Crippen LogP contribution in [-0.2, 0) is 10.8 Å². The number of aromatic amines is 1. The minimum Gasteiger partial charge on any atom is -0.564 e. The standard InChI is InChI=1S/C14H28N2OSi/c1-13(2,3)18(6,7)17-11-14(4,5)10-12-8-9-15-16-12/h8-9H,10-11H2,1-7H3,(H,15,16)/q-1. The van der Waals surface area contributed by atoms with Crippen molar-refractivity contribution in [1.82, 2.24) is 10.2 Å². The van der Waals surface area contributed by atoms with Crippen molar-refractivity contribution in [3.63, 3.8) is 0 Å². The van der Waals surface area contributed by atoms with E-state index < -0.39 is 8.32 Å². The fourth-order valence-electron chi connectivity index (χ4n) is 1.54. The Kier molecular flexibility index (Phi) is 4.44. The first-order valence-electron chi connectivity index (χ1n) is 6.66. The van der Waals surface area contributed by atoms with Gasteiger partial charge in [-0.1, -0.05) is 34.6 Å². The van der Waals surface area contributed by atoms with Crippen LogP contribution in [-0.4, -0.2) is 25.1 Å². The van der Waals surface area contributed by atoms with Crippen LogP contribution in [0.15, 0.2) is 12.3 Å². The zero-order chi connectivity index (χ0) is 14.0. The van der Waals surface area contributed by atoms with Crippen molar-refractivity contribution in [2.45, 2.75) is 59.2 Å². The molecule has 4 heteroatoms. The molecule has 0 fully saturated rings. The zero-order valence-electron chi connectivity index (χ0n) is 12.9. The number of hydrogen-bond donors (Lipinski definition) is 1. The molecule has 1 heterocycles. The van der Waals surface area contributed by atoms with E-state index in [-0.39, 0.29) is 10.5 Å². The summed E-state index contributed by atoms with van der Waals surface area (Å²) in [6.07, 6.45) is 2.78. The molecule has 0 saturated carbocycles. The van der Waals surface area contributed by atoms with Gasteiger partial charge < -0.3 is 4.43 Å². The molecule has 1 aromatic heterocycles. The van der Waals surface area contributed by atoms with Crippen molar-refractivity contribution in [3.8, 4) is 0 Å². The molecule has 105 valence electrons. The molecule has 1 N–H and O–H groups in total. The highest BCUT2D eigenvalue weighted by molar-refractivity contribution is 6.74. The summed E-state index contributed by atoms with van der Waals surface area (Å²) in [6, 6.07) is 2.04. The Bertz CT molecular complexity index is 364. The van der Waals surface area contributed by atoms with E-state index in [1.54, 1.807) is 6.20 Å². The molecule has 0 unspecified atom stereocenters. The second-order valence-electron chi connectivity index (χ2n) is 7.47. The molecule has 0 spiro atoms. The summed E-state index contributed by atoms with van der Waals surface area (Å²) in [7, 11) is -1.64. The second-order valence-corrected chi connectivity index (χ2v) is 12.3. The van der Waals surface area contributed by atoms with Gasteiger partial charge in [0, 0.05) is 18.5 Å². The molecular weight excluding hydrogens is 240 g/mol. The number of H-pyrrole nitrogens is 1. The van der Waals surface area contributed by atoms with Gasteiger partial charge in [0.1, 0.15) is 0 Å². The van der Waals surface area contributed by atoms with Crippen molar-refractivity contribution in [3.05, 3.63) is 18.0 Å². The van der Waals surface area contributed by atoms with Gasteiger partial charge in [0.2, 0.25) is 0 Å². The summed E-state index contributed by atoms with van der Waals surface area (Å²) in [6.45, 7) is 16.8. The van der Waals surface area contributed by atoms with E-state index >= 15 is 0 Å². The van der Waals surface area contributed by atoms with Crippen molar-refractivity contribution in [2.75, 3.05) is 6.61 Å². The molecule has 1 rings (SSSR count). The maximum absolute atomic E-state index is 6.31. The van der Waals surface area contributed by atoms with Crippen molar-refractivity contribution >= 4 is 8.32 Å². The fourth-order valence-corrected chi connectivity index (χ4v) is 2.73. The van der Waals surface area contributed by atoms with Gasteiger partial charge in [0.25, 0.3) is 0 Å². The Morgan fingerprint density at radius 1 is 1.22 bits per heavy atom. The molecule has 0 aliphatic carbocycles. The van der Waals surface area contributed by atoms with Gasteiger partial charge in [-0.15, -0.1) is 18.1 Å². The quantitative estimate of drug-likeness (QED) is 0.820. The van der Waals surface area contributed by atoms with E-state index in [1.165, 1.54) is 5.69 Å². The topological polar surface area (TPSA) is 37.9 Å². The summed E-state index contributed by atoms with van der Waals surface area (Å²) in [5, 5.41) is 7.30. The molecule has 0 amide bonds. The predicted octanol–water partition coefficient (Wildman–Crippen LogP) is 4.00. The van der Waals surface area contributed by atoms with Crippen LogP contribution in [0.1, 0.15) is 40.3 Å². The Hall–Kier alpha value is -0.613. The average molecular weight is 268 g/mol. The lowest BCUT2D eigenvalue weighted by Gasteiger charge is -2.50. The van der Waals surface area contributed by atoms with Crippen LogP contribution in [0.5, 0.6) is 0 Å². The maximum Gasteiger partial charge on any atom is 0.0490 e. The van der Waals surface area contributed by atoms with E-state index in [2.05, 4.69) is 57.9 Å². The minimum atomic E-state index is -1.64. The van der Waals surface area contributed by atoms with Gasteiger partial charge in [-0.2, -0.15) is 5.10 Å². The van der Waals surface area contributed by atoms with Crippen LogP contribution in [0.3, 0.4) is 0 Å². The molecule has 0 saturated heterocycles. The summed E-state index contributed by atoms with van der Waals surface area (Å²) in [5.41, 5.74) is 1.32. The van der Waals surface area contributed by atoms with Crippen LogP contribution < -0.4 is 0 Å². The van der Waals surface area contributed by atoms with Crippen LogP contribution >= 0.6 is 0 Å². The summed E-state index contributed by atoms with van der Waals surface area (Å²) in [5.74, 6) is 0. The lowest BCUT2D eigenvalue weighted by atomic mass is 9.89. The third-order valence-electron chi connectivity index (χ3n) is 3.86. The molecule has 18 heavy (non-hydrogen) atoms. The predicted molar refractivity (Wildman–Crippen MR) is 79.2 cm³/mol. The molecular formula is C14H28N2OSi-. The molecule has 0 aromatic carbocycles. The van der Waals surface area contributed by atoms with Crippen molar-refractivity contribution in [1.29, 1.82) is 0 Å². The van der Waals surface area contributed by atoms with E-state index in [9.17, 15) is 0 Å². The highest BCUT2D eigenvalue weighted by Crippen LogP contribution is 2.37. The molecule has 1 aromatic rings. The van der Waals surface area contributed by atoms with E-state index in [4.69, 9.17) is 4.43 Å². The van der Waals surface area contributed by atoms with Crippen molar-refractivity contribution in [2.24, 2.45) is 5.41 Å². The zero-order valence-corrected chi connectivity index (χ0v) is 13.9. The van der Waals surface area contributed by atoms with Gasteiger partial charge in [-0.3, -0.25) is 5.10 Å². The lowest BCUT2D eigenvalue weighted by Crippen LogP contribution is -2.43. The highest BCUT2D eigenvalue weighted by Gasteiger charge is 2.27. The third-order valence-corrected chi connectivity index (χ3v) is 8.34. The monoisotopic (exact) mass is 268 g/mol. The average Bonchev–Trinajstić information content (AvgIpc) is 2.65. The Morgan fingerprint density at radius 3 is 2.28 bits per heavy atom. The van der Waals surface area contributed by atoms with Gasteiger partial charge >= 0.3 is 0 Å². The minimum absolute atomic E-state index is 0.141. The first-order chi connectivity index (χ1) is 8.04. The maximum atomic E-state index is 6.31. The first-order valence-corrected chi connectivity index (χ1v) is 9.57. The second kappa shape index (κ2) is 5.17. The van der Waals surface area contributed by atoms with E-state index in [1.807, 2.05) is 6.07 Å². The number of aromatic nitrogens is 2. The Balaban J connectivity index is 2.56. The molecule has 0 radical (unpaired) electrons. The highest BCUT2D eigenvalue weighted by atomic mass is 28.4. The van der Waals surface area contributed by atoms with Crippen LogP contribution in [0.4, 0.5) is 0 Å². The SMILES string of the molecule is CC(C)(CO[Si-](C)(C)C(C)(C)C)Cc1ccn[nH]1. The molecule has 0 bridgehead atoms. The number of nitrogens with zero attached hydrogens (tertiary/aromatic N) is 1. The molecule has 3 nitrogen and oxygen atoms in total. The summed E-state index contributed by atoms with van der Waals surface area (Å²) >= 11 is 0. The molecule has 0 aliphatic heterocycles. The molecule has 0 aliphatic rings. The normalized spacial score (nSPS) is 13.9. The number of nitrogens with one attached hydrogen (secondary N) is 1. The fraction of sp³-hybridized carbons (Fsp3) is 0.786. The molecule has 0 atom stereocenters. The van der Waals surface area contributed by atoms with E-state index in [0.29, 0.717) is 0 Å². The lowest BCUT2D eigenvalue weighted by molar-refractivity contribution is 0.163. The van der Waals surface area contributed by atoms with E-state index in [0.717, 1.165) is 13.0 Å². The third kappa shape index (κ3) is 4.25. The smallest absolute Gasteiger partial charge is 0.0490 e. The van der Waals surface area contributed by atoms with Crippen molar-refractivity contribution < 1.29 is 4.43 Å². The van der Waals surface area contributed by atoms with Gasteiger partial charge in [-0.25, -0.2) is 0 Å². The van der Waals surface area contributed by atoms with Gasteiger partial charge in [0.15, 0.2) is 0 Å². The number of hydrogen-bond acceptors (Lipinski definition) is 2. The summed E-state index contributed by atoms with van der Waals surface area (Å²) < 4.78 is 6.31. The van der Waals surface area contributed by atoms with Crippen LogP contribution in [0.25, 0.3) is 0 Å². The van der Waals surface area contributed by atoms with Gasteiger partial charge in [0.05, 0.1) is 0 Å². The van der Waals surface area contributed by atoms with Gasteiger partial charge in [-0.05, 0) is 26.2 Å². The number of rotatable bonds is 5. The largest absolute Gasteiger partial charge is 0.564 e.